The van der Waals surface area contributed by atoms with Crippen LogP contribution in [0.4, 0.5) is 0 Å². The van der Waals surface area contributed by atoms with Gasteiger partial charge < -0.3 is 10.2 Å². The fourth-order valence-corrected chi connectivity index (χ4v) is 3.86. The maximum absolute atomic E-state index is 13.4. The van der Waals surface area contributed by atoms with E-state index in [0.717, 1.165) is 11.1 Å². The van der Waals surface area contributed by atoms with Gasteiger partial charge in [0.15, 0.2) is 0 Å². The monoisotopic (exact) mass is 448 g/mol. The zero-order chi connectivity index (χ0) is 22.5. The topological polar surface area (TPSA) is 49.4 Å². The minimum atomic E-state index is -0.599. The molecule has 0 saturated carbocycles. The van der Waals surface area contributed by atoms with Gasteiger partial charge in [0, 0.05) is 22.1 Å². The Bertz CT molecular complexity index is 886. The summed E-state index contributed by atoms with van der Waals surface area (Å²) in [5, 5.41) is 3.89. The van der Waals surface area contributed by atoms with Gasteiger partial charge in [-0.25, -0.2) is 0 Å². The van der Waals surface area contributed by atoms with Gasteiger partial charge in [0.2, 0.25) is 11.8 Å². The molecule has 0 bridgehead atoms. The molecule has 0 heterocycles. The highest BCUT2D eigenvalue weighted by molar-refractivity contribution is 6.36. The number of amides is 2. The second kappa shape index (κ2) is 10.3. The number of aryl methyl sites for hydroxylation is 1. The van der Waals surface area contributed by atoms with E-state index < -0.39 is 11.6 Å². The third-order valence-electron chi connectivity index (χ3n) is 4.71. The quantitative estimate of drug-likeness (QED) is 0.601. The predicted molar refractivity (Wildman–Crippen MR) is 124 cm³/mol. The van der Waals surface area contributed by atoms with Crippen LogP contribution in [0.3, 0.4) is 0 Å². The fourth-order valence-electron chi connectivity index (χ4n) is 3.33. The summed E-state index contributed by atoms with van der Waals surface area (Å²) >= 11 is 12.6. The number of hydrogen-bond acceptors (Lipinski definition) is 2. The lowest BCUT2D eigenvalue weighted by molar-refractivity contribution is -0.141. The van der Waals surface area contributed by atoms with Crippen molar-refractivity contribution < 1.29 is 9.59 Å². The Morgan fingerprint density at radius 2 is 1.67 bits per heavy atom. The summed E-state index contributed by atoms with van der Waals surface area (Å²) in [4.78, 5) is 28.1. The summed E-state index contributed by atoms with van der Waals surface area (Å²) in [5.74, 6) is -0.362. The minimum absolute atomic E-state index is 0.0314. The SMILES string of the molecule is CC[C@H](C(=O)NC(C)(C)C)N(Cc1cccc(C)c1)C(=O)Cc1c(Cl)cccc1Cl. The molecule has 1 N–H and O–H groups in total. The minimum Gasteiger partial charge on any atom is -0.350 e. The van der Waals surface area contributed by atoms with E-state index in [2.05, 4.69) is 5.32 Å². The molecule has 0 saturated heterocycles. The molecule has 2 amide bonds. The zero-order valence-electron chi connectivity index (χ0n) is 18.3. The van der Waals surface area contributed by atoms with Crippen molar-refractivity contribution in [3.05, 3.63) is 69.2 Å². The van der Waals surface area contributed by atoms with Crippen LogP contribution in [-0.4, -0.2) is 28.3 Å². The number of hydrogen-bond donors (Lipinski definition) is 1. The van der Waals surface area contributed by atoms with Crippen LogP contribution in [0.1, 0.15) is 50.8 Å². The van der Waals surface area contributed by atoms with Crippen LogP contribution >= 0.6 is 23.2 Å². The summed E-state index contributed by atoms with van der Waals surface area (Å²) in [6.07, 6.45) is 0.527. The number of nitrogens with zero attached hydrogens (tertiary/aromatic N) is 1. The van der Waals surface area contributed by atoms with Crippen molar-refractivity contribution in [2.45, 2.75) is 65.6 Å². The highest BCUT2D eigenvalue weighted by Gasteiger charge is 2.31. The van der Waals surface area contributed by atoms with E-state index >= 15 is 0 Å². The summed E-state index contributed by atoms with van der Waals surface area (Å²) < 4.78 is 0. The lowest BCUT2D eigenvalue weighted by Crippen LogP contribution is -2.53. The van der Waals surface area contributed by atoms with Gasteiger partial charge in [-0.2, -0.15) is 0 Å². The third kappa shape index (κ3) is 6.75. The Balaban J connectivity index is 2.38. The summed E-state index contributed by atoms with van der Waals surface area (Å²) in [6, 6.07) is 12.5. The highest BCUT2D eigenvalue weighted by Crippen LogP contribution is 2.26. The van der Waals surface area contributed by atoms with E-state index in [9.17, 15) is 9.59 Å². The Hall–Kier alpha value is -2.04. The van der Waals surface area contributed by atoms with Crippen LogP contribution in [0.15, 0.2) is 42.5 Å². The van der Waals surface area contributed by atoms with Crippen molar-refractivity contribution in [3.8, 4) is 0 Å². The van der Waals surface area contributed by atoms with Crippen LogP contribution in [0, 0.1) is 6.92 Å². The predicted octanol–water partition coefficient (Wildman–Crippen LogP) is 5.57. The summed E-state index contributed by atoms with van der Waals surface area (Å²) in [5.41, 5.74) is 2.25. The smallest absolute Gasteiger partial charge is 0.243 e. The van der Waals surface area contributed by atoms with E-state index in [-0.39, 0.29) is 18.2 Å². The van der Waals surface area contributed by atoms with Gasteiger partial charge in [0.05, 0.1) is 6.42 Å². The first-order valence-corrected chi connectivity index (χ1v) is 10.9. The van der Waals surface area contributed by atoms with Gasteiger partial charge >= 0.3 is 0 Å². The Morgan fingerprint density at radius 1 is 1.07 bits per heavy atom. The molecule has 0 unspecified atom stereocenters. The van der Waals surface area contributed by atoms with Crippen molar-refractivity contribution in [1.82, 2.24) is 10.2 Å². The van der Waals surface area contributed by atoms with Gasteiger partial charge in [-0.15, -0.1) is 0 Å². The lowest BCUT2D eigenvalue weighted by atomic mass is 10.0. The van der Waals surface area contributed by atoms with Gasteiger partial charge in [0.25, 0.3) is 0 Å². The number of nitrogens with one attached hydrogen (secondary N) is 1. The van der Waals surface area contributed by atoms with Gasteiger partial charge in [0.1, 0.15) is 6.04 Å². The van der Waals surface area contributed by atoms with E-state index in [1.54, 1.807) is 23.1 Å². The number of rotatable bonds is 7. The molecule has 0 aliphatic heterocycles. The van der Waals surface area contributed by atoms with Crippen LogP contribution in [0.25, 0.3) is 0 Å². The molecule has 0 spiro atoms. The van der Waals surface area contributed by atoms with Crippen molar-refractivity contribution in [1.29, 1.82) is 0 Å². The Kier molecular flexibility index (Phi) is 8.34. The average molecular weight is 449 g/mol. The first-order valence-electron chi connectivity index (χ1n) is 10.1. The number of benzene rings is 2. The molecule has 30 heavy (non-hydrogen) atoms. The molecule has 2 aromatic carbocycles. The van der Waals surface area contributed by atoms with E-state index in [4.69, 9.17) is 23.2 Å². The summed E-state index contributed by atoms with van der Waals surface area (Å²) in [6.45, 7) is 10.0. The van der Waals surface area contributed by atoms with Crippen molar-refractivity contribution in [3.63, 3.8) is 0 Å². The molecular weight excluding hydrogens is 419 g/mol. The second-order valence-electron chi connectivity index (χ2n) is 8.55. The molecule has 0 fully saturated rings. The lowest BCUT2D eigenvalue weighted by Gasteiger charge is -2.33. The van der Waals surface area contributed by atoms with Crippen LogP contribution in [0.5, 0.6) is 0 Å². The summed E-state index contributed by atoms with van der Waals surface area (Å²) in [7, 11) is 0. The molecule has 0 aromatic heterocycles. The average Bonchev–Trinajstić information content (AvgIpc) is 2.63. The molecule has 0 radical (unpaired) electrons. The molecule has 0 aliphatic rings. The van der Waals surface area contributed by atoms with Crippen LogP contribution < -0.4 is 5.32 Å². The van der Waals surface area contributed by atoms with E-state index in [0.29, 0.717) is 28.6 Å². The molecule has 1 atom stereocenters. The highest BCUT2D eigenvalue weighted by atomic mass is 35.5. The molecule has 2 aromatic rings. The van der Waals surface area contributed by atoms with Crippen molar-refractivity contribution in [2.75, 3.05) is 0 Å². The molecule has 162 valence electrons. The van der Waals surface area contributed by atoms with Gasteiger partial charge in [-0.1, -0.05) is 66.0 Å². The van der Waals surface area contributed by atoms with E-state index in [1.165, 1.54) is 0 Å². The van der Waals surface area contributed by atoms with Gasteiger partial charge in [-0.3, -0.25) is 9.59 Å². The number of halogens is 2. The molecule has 4 nitrogen and oxygen atoms in total. The molecule has 0 aliphatic carbocycles. The zero-order valence-corrected chi connectivity index (χ0v) is 19.8. The first kappa shape index (κ1) is 24.2. The Morgan fingerprint density at radius 3 is 2.20 bits per heavy atom. The molecule has 2 rings (SSSR count). The first-order chi connectivity index (χ1) is 14.0. The maximum atomic E-state index is 13.4. The molecular formula is C24H30Cl2N2O2. The normalized spacial score (nSPS) is 12.4. The second-order valence-corrected chi connectivity index (χ2v) is 9.37. The van der Waals surface area contributed by atoms with Crippen LogP contribution in [0.2, 0.25) is 10.0 Å². The standard InChI is InChI=1S/C24H30Cl2N2O2/c1-6-21(23(30)27-24(3,4)5)28(15-17-10-7-9-16(2)13-17)22(29)14-18-19(25)11-8-12-20(18)26/h7-13,21H,6,14-15H2,1-5H3,(H,27,30)/t21-/m1/s1. The van der Waals surface area contributed by atoms with Crippen molar-refractivity contribution in [2.24, 2.45) is 0 Å². The Labute approximate surface area is 189 Å². The van der Waals surface area contributed by atoms with Gasteiger partial charge in [-0.05, 0) is 57.4 Å². The van der Waals surface area contributed by atoms with Crippen LogP contribution in [-0.2, 0) is 22.6 Å². The fraction of sp³-hybridized carbons (Fsp3) is 0.417. The maximum Gasteiger partial charge on any atom is 0.243 e. The third-order valence-corrected chi connectivity index (χ3v) is 5.42. The number of carbonyl (C=O) groups excluding carboxylic acids is 2. The van der Waals surface area contributed by atoms with E-state index in [1.807, 2.05) is 58.9 Å². The number of carbonyl (C=O) groups is 2. The largest absolute Gasteiger partial charge is 0.350 e. The molecule has 6 heteroatoms. The van der Waals surface area contributed by atoms with Crippen molar-refractivity contribution >= 4 is 35.0 Å².